The minimum absolute atomic E-state index is 0.0940. The summed E-state index contributed by atoms with van der Waals surface area (Å²) in [4.78, 5) is 50.2. The summed E-state index contributed by atoms with van der Waals surface area (Å²) in [7, 11) is 1.51. The van der Waals surface area contributed by atoms with Gasteiger partial charge in [-0.25, -0.2) is 5.10 Å². The average molecular weight is 321 g/mol. The highest BCUT2D eigenvalue weighted by molar-refractivity contribution is 5.92. The van der Waals surface area contributed by atoms with E-state index in [1.54, 1.807) is 4.90 Å². The molecule has 1 aromatic rings. The standard InChI is InChI=1S/C14H19N5O4/c1-9(20)18-5-6-19(8-10(7-18)13(22)15-2)14(23)11-3-4-12(21)17-16-11/h3-4,10H,5-8H2,1-2H3,(H,15,22)(H,17,21). The molecule has 1 aliphatic rings. The van der Waals surface area contributed by atoms with Gasteiger partial charge in [-0.05, 0) is 6.07 Å². The fourth-order valence-electron chi connectivity index (χ4n) is 2.48. The zero-order chi connectivity index (χ0) is 17.0. The SMILES string of the molecule is CNC(=O)C1CN(C(C)=O)CCN(C(=O)c2ccc(=O)[nH]n2)C1. The quantitative estimate of drug-likeness (QED) is 0.683. The van der Waals surface area contributed by atoms with Crippen LogP contribution in [0.4, 0.5) is 0 Å². The van der Waals surface area contributed by atoms with E-state index in [0.29, 0.717) is 13.1 Å². The van der Waals surface area contributed by atoms with Crippen molar-refractivity contribution in [2.24, 2.45) is 5.92 Å². The highest BCUT2D eigenvalue weighted by atomic mass is 16.2. The van der Waals surface area contributed by atoms with Crippen LogP contribution < -0.4 is 10.9 Å². The van der Waals surface area contributed by atoms with E-state index >= 15 is 0 Å². The molecule has 0 radical (unpaired) electrons. The first-order valence-corrected chi connectivity index (χ1v) is 7.24. The molecule has 0 spiro atoms. The molecule has 2 N–H and O–H groups in total. The normalized spacial score (nSPS) is 18.3. The van der Waals surface area contributed by atoms with E-state index in [9.17, 15) is 19.2 Å². The van der Waals surface area contributed by atoms with E-state index in [1.165, 1.54) is 31.0 Å². The van der Waals surface area contributed by atoms with Gasteiger partial charge in [0, 0.05) is 46.2 Å². The number of nitrogens with zero attached hydrogens (tertiary/aromatic N) is 3. The zero-order valence-electron chi connectivity index (χ0n) is 13.0. The van der Waals surface area contributed by atoms with E-state index < -0.39 is 11.5 Å². The van der Waals surface area contributed by atoms with E-state index in [1.807, 2.05) is 0 Å². The van der Waals surface area contributed by atoms with Crippen LogP contribution in [0.15, 0.2) is 16.9 Å². The molecule has 1 aliphatic heterocycles. The molecule has 1 aromatic heterocycles. The summed E-state index contributed by atoms with van der Waals surface area (Å²) in [5, 5.41) is 8.48. The van der Waals surface area contributed by atoms with Gasteiger partial charge in [-0.1, -0.05) is 0 Å². The second-order valence-electron chi connectivity index (χ2n) is 5.33. The lowest BCUT2D eigenvalue weighted by Gasteiger charge is -2.22. The number of hydrogen-bond donors (Lipinski definition) is 2. The van der Waals surface area contributed by atoms with Crippen molar-refractivity contribution in [2.45, 2.75) is 6.92 Å². The molecule has 124 valence electrons. The third-order valence-electron chi connectivity index (χ3n) is 3.77. The first-order chi connectivity index (χ1) is 10.9. The van der Waals surface area contributed by atoms with Gasteiger partial charge in [0.05, 0.1) is 5.92 Å². The number of hydrogen-bond acceptors (Lipinski definition) is 5. The topological polar surface area (TPSA) is 115 Å². The molecular formula is C14H19N5O4. The molecule has 0 aliphatic carbocycles. The predicted octanol–water partition coefficient (Wildman–Crippen LogP) is -1.56. The van der Waals surface area contributed by atoms with Crippen LogP contribution in [0.2, 0.25) is 0 Å². The molecule has 1 saturated heterocycles. The zero-order valence-corrected chi connectivity index (χ0v) is 13.0. The van der Waals surface area contributed by atoms with Crippen molar-refractivity contribution < 1.29 is 14.4 Å². The number of carbonyl (C=O) groups is 3. The molecule has 0 saturated carbocycles. The van der Waals surface area contributed by atoms with Gasteiger partial charge in [-0.15, -0.1) is 0 Å². The minimum atomic E-state index is -0.516. The third kappa shape index (κ3) is 3.93. The monoisotopic (exact) mass is 321 g/mol. The van der Waals surface area contributed by atoms with Crippen LogP contribution in [0.5, 0.6) is 0 Å². The molecule has 1 atom stereocenters. The van der Waals surface area contributed by atoms with Crippen LogP contribution in [-0.2, 0) is 9.59 Å². The average Bonchev–Trinajstić information content (AvgIpc) is 2.77. The summed E-state index contributed by atoms with van der Waals surface area (Å²) in [5.74, 6) is -1.28. The number of nitrogens with one attached hydrogen (secondary N) is 2. The molecule has 9 heteroatoms. The maximum absolute atomic E-state index is 12.5. The lowest BCUT2D eigenvalue weighted by atomic mass is 10.1. The molecule has 9 nitrogen and oxygen atoms in total. The Morgan fingerprint density at radius 2 is 1.87 bits per heavy atom. The first kappa shape index (κ1) is 16.7. The first-order valence-electron chi connectivity index (χ1n) is 7.24. The van der Waals surface area contributed by atoms with Crippen LogP contribution in [-0.4, -0.2) is 70.9 Å². The van der Waals surface area contributed by atoms with Crippen LogP contribution in [0.25, 0.3) is 0 Å². The Morgan fingerprint density at radius 1 is 1.22 bits per heavy atom. The van der Waals surface area contributed by atoms with Crippen molar-refractivity contribution in [1.29, 1.82) is 0 Å². The maximum atomic E-state index is 12.5. The Balaban J connectivity index is 2.22. The largest absolute Gasteiger partial charge is 0.359 e. The van der Waals surface area contributed by atoms with Crippen molar-refractivity contribution in [3.05, 3.63) is 28.2 Å². The molecule has 0 aromatic carbocycles. The summed E-state index contributed by atoms with van der Waals surface area (Å²) < 4.78 is 0. The summed E-state index contributed by atoms with van der Waals surface area (Å²) in [5.41, 5.74) is -0.306. The summed E-state index contributed by atoms with van der Waals surface area (Å²) in [6, 6.07) is 2.56. The van der Waals surface area contributed by atoms with E-state index in [-0.39, 0.29) is 36.5 Å². The van der Waals surface area contributed by atoms with Crippen molar-refractivity contribution >= 4 is 17.7 Å². The van der Waals surface area contributed by atoms with E-state index in [0.717, 1.165) is 0 Å². The van der Waals surface area contributed by atoms with Gasteiger partial charge in [0.15, 0.2) is 0 Å². The van der Waals surface area contributed by atoms with Gasteiger partial charge >= 0.3 is 0 Å². The lowest BCUT2D eigenvalue weighted by molar-refractivity contribution is -0.130. The summed E-state index contributed by atoms with van der Waals surface area (Å²) in [6.07, 6.45) is 0. The minimum Gasteiger partial charge on any atom is -0.359 e. The van der Waals surface area contributed by atoms with Gasteiger partial charge in [0.1, 0.15) is 5.69 Å². The van der Waals surface area contributed by atoms with Crippen LogP contribution in [0.3, 0.4) is 0 Å². The Bertz CT molecular complexity index is 651. The van der Waals surface area contributed by atoms with Gasteiger partial charge in [-0.3, -0.25) is 19.2 Å². The highest BCUT2D eigenvalue weighted by Gasteiger charge is 2.31. The molecule has 1 fully saturated rings. The number of carbonyl (C=O) groups excluding carboxylic acids is 3. The van der Waals surface area contributed by atoms with Gasteiger partial charge in [-0.2, -0.15) is 5.10 Å². The number of amides is 3. The summed E-state index contributed by atoms with van der Waals surface area (Å²) in [6.45, 7) is 2.52. The molecule has 2 rings (SSSR count). The molecule has 3 amide bonds. The molecule has 2 heterocycles. The number of H-pyrrole nitrogens is 1. The molecule has 23 heavy (non-hydrogen) atoms. The van der Waals surface area contributed by atoms with E-state index in [2.05, 4.69) is 15.5 Å². The van der Waals surface area contributed by atoms with E-state index in [4.69, 9.17) is 0 Å². The van der Waals surface area contributed by atoms with Crippen LogP contribution >= 0.6 is 0 Å². The predicted molar refractivity (Wildman–Crippen MR) is 80.6 cm³/mol. The number of rotatable bonds is 2. The van der Waals surface area contributed by atoms with Crippen molar-refractivity contribution in [1.82, 2.24) is 25.3 Å². The van der Waals surface area contributed by atoms with Gasteiger partial charge in [0.25, 0.3) is 11.5 Å². The second kappa shape index (κ2) is 7.03. The molecule has 0 bridgehead atoms. The summed E-state index contributed by atoms with van der Waals surface area (Å²) >= 11 is 0. The number of aromatic nitrogens is 2. The third-order valence-corrected chi connectivity index (χ3v) is 3.77. The smallest absolute Gasteiger partial charge is 0.274 e. The van der Waals surface area contributed by atoms with Gasteiger partial charge < -0.3 is 15.1 Å². The lowest BCUT2D eigenvalue weighted by Crippen LogP contribution is -2.42. The Labute approximate surface area is 132 Å². The Hall–Kier alpha value is -2.71. The maximum Gasteiger partial charge on any atom is 0.274 e. The van der Waals surface area contributed by atoms with Gasteiger partial charge in [0.2, 0.25) is 11.8 Å². The Kier molecular flexibility index (Phi) is 5.09. The van der Waals surface area contributed by atoms with Crippen molar-refractivity contribution in [2.75, 3.05) is 33.2 Å². The molecule has 1 unspecified atom stereocenters. The van der Waals surface area contributed by atoms with Crippen molar-refractivity contribution in [3.63, 3.8) is 0 Å². The fraction of sp³-hybridized carbons (Fsp3) is 0.500. The van der Waals surface area contributed by atoms with Crippen LogP contribution in [0, 0.1) is 5.92 Å². The highest BCUT2D eigenvalue weighted by Crippen LogP contribution is 2.12. The fourth-order valence-corrected chi connectivity index (χ4v) is 2.48. The molecular weight excluding hydrogens is 302 g/mol. The second-order valence-corrected chi connectivity index (χ2v) is 5.33. The van der Waals surface area contributed by atoms with Crippen molar-refractivity contribution in [3.8, 4) is 0 Å². The Morgan fingerprint density at radius 3 is 2.43 bits per heavy atom. The van der Waals surface area contributed by atoms with Crippen LogP contribution in [0.1, 0.15) is 17.4 Å². The number of aromatic amines is 1.